The molecule has 0 fully saturated rings. The van der Waals surface area contributed by atoms with Gasteiger partial charge in [0, 0.05) is 35.7 Å². The highest BCUT2D eigenvalue weighted by Gasteiger charge is 2.07. The van der Waals surface area contributed by atoms with E-state index in [9.17, 15) is 9.18 Å². The lowest BCUT2D eigenvalue weighted by Gasteiger charge is -2.05. The Balaban J connectivity index is 1.40. The van der Waals surface area contributed by atoms with Crippen molar-refractivity contribution in [2.24, 2.45) is 0 Å². The Kier molecular flexibility index (Phi) is 5.69. The monoisotopic (exact) mass is 356 g/mol. The number of anilines is 1. The van der Waals surface area contributed by atoms with E-state index in [0.717, 1.165) is 17.1 Å². The number of benzene rings is 2. The molecule has 2 N–H and O–H groups in total. The van der Waals surface area contributed by atoms with Crippen LogP contribution in [0.15, 0.2) is 54.6 Å². The van der Waals surface area contributed by atoms with Crippen LogP contribution in [0.4, 0.5) is 9.52 Å². The maximum atomic E-state index is 13.1. The molecule has 7 heteroatoms. The molecular formula is C18H17FN4OS. The van der Waals surface area contributed by atoms with E-state index in [2.05, 4.69) is 20.0 Å². The summed E-state index contributed by atoms with van der Waals surface area (Å²) in [5.74, 6) is 0.00842. The summed E-state index contributed by atoms with van der Waals surface area (Å²) >= 11 is 1.31. The number of carbonyl (C=O) groups is 1. The van der Waals surface area contributed by atoms with Gasteiger partial charge in [-0.05, 0) is 24.6 Å². The Morgan fingerprint density at radius 2 is 1.92 bits per heavy atom. The van der Waals surface area contributed by atoms with Crippen molar-refractivity contribution in [1.29, 1.82) is 0 Å². The first-order chi connectivity index (χ1) is 12.2. The third-order valence-electron chi connectivity index (χ3n) is 3.46. The van der Waals surface area contributed by atoms with Crippen molar-refractivity contribution in [3.63, 3.8) is 0 Å². The highest BCUT2D eigenvalue weighted by atomic mass is 32.1. The van der Waals surface area contributed by atoms with Gasteiger partial charge in [-0.15, -0.1) is 0 Å². The molecule has 0 aliphatic heterocycles. The van der Waals surface area contributed by atoms with Crippen molar-refractivity contribution < 1.29 is 9.18 Å². The molecule has 0 saturated carbocycles. The van der Waals surface area contributed by atoms with Crippen LogP contribution in [0.1, 0.15) is 16.8 Å². The minimum atomic E-state index is -0.417. The minimum Gasteiger partial charge on any atom is -0.360 e. The zero-order chi connectivity index (χ0) is 17.5. The van der Waals surface area contributed by atoms with Gasteiger partial charge in [-0.1, -0.05) is 36.4 Å². The highest BCUT2D eigenvalue weighted by molar-refractivity contribution is 7.09. The van der Waals surface area contributed by atoms with E-state index in [-0.39, 0.29) is 5.91 Å². The van der Waals surface area contributed by atoms with Gasteiger partial charge in [0.05, 0.1) is 0 Å². The van der Waals surface area contributed by atoms with Crippen molar-refractivity contribution in [1.82, 2.24) is 14.7 Å². The molecule has 0 unspecified atom stereocenters. The quantitative estimate of drug-likeness (QED) is 0.635. The standard InChI is InChI=1S/C18H17FN4OS/c19-15-9-4-8-14(12-15)17(24)20-10-5-11-21-18-22-16(23-25-18)13-6-2-1-3-7-13/h1-4,6-9,12H,5,10-11H2,(H,20,24)(H,21,22,23). The van der Waals surface area contributed by atoms with Crippen LogP contribution < -0.4 is 10.6 Å². The Hall–Kier alpha value is -2.80. The number of hydrogen-bond acceptors (Lipinski definition) is 5. The smallest absolute Gasteiger partial charge is 0.251 e. The fraction of sp³-hybridized carbons (Fsp3) is 0.167. The number of rotatable bonds is 7. The molecular weight excluding hydrogens is 339 g/mol. The number of nitrogens with zero attached hydrogens (tertiary/aromatic N) is 2. The van der Waals surface area contributed by atoms with Crippen LogP contribution in [-0.2, 0) is 0 Å². The average Bonchev–Trinajstić information content (AvgIpc) is 3.11. The van der Waals surface area contributed by atoms with Crippen LogP contribution in [0.25, 0.3) is 11.4 Å². The molecule has 0 spiro atoms. The normalized spacial score (nSPS) is 10.4. The molecule has 3 aromatic rings. The van der Waals surface area contributed by atoms with Gasteiger partial charge in [0.1, 0.15) is 5.82 Å². The number of nitrogens with one attached hydrogen (secondary N) is 2. The Bertz CT molecular complexity index is 838. The van der Waals surface area contributed by atoms with Gasteiger partial charge >= 0.3 is 0 Å². The molecule has 0 bridgehead atoms. The van der Waals surface area contributed by atoms with Crippen LogP contribution in [-0.4, -0.2) is 28.4 Å². The highest BCUT2D eigenvalue weighted by Crippen LogP contribution is 2.20. The molecule has 5 nitrogen and oxygen atoms in total. The summed E-state index contributed by atoms with van der Waals surface area (Å²) in [6, 6.07) is 15.4. The molecule has 25 heavy (non-hydrogen) atoms. The third-order valence-corrected chi connectivity index (χ3v) is 4.13. The zero-order valence-electron chi connectivity index (χ0n) is 13.4. The summed E-state index contributed by atoms with van der Waals surface area (Å²) in [5.41, 5.74) is 1.30. The molecule has 0 aliphatic rings. The number of carbonyl (C=O) groups excluding carboxylic acids is 1. The predicted octanol–water partition coefficient (Wildman–Crippen LogP) is 3.58. The lowest BCUT2D eigenvalue weighted by Crippen LogP contribution is -2.25. The first kappa shape index (κ1) is 17.0. The lowest BCUT2D eigenvalue weighted by atomic mass is 10.2. The molecule has 0 saturated heterocycles. The van der Waals surface area contributed by atoms with Crippen LogP contribution in [0.5, 0.6) is 0 Å². The average molecular weight is 356 g/mol. The fourth-order valence-electron chi connectivity index (χ4n) is 2.22. The summed E-state index contributed by atoms with van der Waals surface area (Å²) in [7, 11) is 0. The summed E-state index contributed by atoms with van der Waals surface area (Å²) in [5, 5.41) is 6.70. The van der Waals surface area contributed by atoms with Gasteiger partial charge in [-0.3, -0.25) is 4.79 Å². The van der Waals surface area contributed by atoms with Crippen LogP contribution in [0.2, 0.25) is 0 Å². The second-order valence-electron chi connectivity index (χ2n) is 5.34. The molecule has 3 rings (SSSR count). The van der Waals surface area contributed by atoms with Crippen molar-refractivity contribution in [2.45, 2.75) is 6.42 Å². The lowest BCUT2D eigenvalue weighted by molar-refractivity contribution is 0.0953. The maximum absolute atomic E-state index is 13.1. The van der Waals surface area contributed by atoms with E-state index in [1.54, 1.807) is 6.07 Å². The summed E-state index contributed by atoms with van der Waals surface area (Å²) in [4.78, 5) is 16.3. The fourth-order valence-corrected chi connectivity index (χ4v) is 2.83. The molecule has 2 aromatic carbocycles. The first-order valence-electron chi connectivity index (χ1n) is 7.89. The van der Waals surface area contributed by atoms with Gasteiger partial charge < -0.3 is 10.6 Å². The van der Waals surface area contributed by atoms with Gasteiger partial charge in [-0.25, -0.2) is 4.39 Å². The van der Waals surface area contributed by atoms with Gasteiger partial charge in [0.2, 0.25) is 5.13 Å². The SMILES string of the molecule is O=C(NCCCNc1nc(-c2ccccc2)ns1)c1cccc(F)c1. The van der Waals surface area contributed by atoms with E-state index < -0.39 is 5.82 Å². The van der Waals surface area contributed by atoms with Crippen molar-refractivity contribution in [2.75, 3.05) is 18.4 Å². The van der Waals surface area contributed by atoms with Gasteiger partial charge in [-0.2, -0.15) is 9.36 Å². The van der Waals surface area contributed by atoms with E-state index in [4.69, 9.17) is 0 Å². The molecule has 0 atom stereocenters. The molecule has 1 heterocycles. The van der Waals surface area contributed by atoms with E-state index in [1.165, 1.54) is 29.7 Å². The second-order valence-corrected chi connectivity index (χ2v) is 6.09. The van der Waals surface area contributed by atoms with Gasteiger partial charge in [0.25, 0.3) is 5.91 Å². The number of aromatic nitrogens is 2. The van der Waals surface area contributed by atoms with Crippen LogP contribution in [0, 0.1) is 5.82 Å². The van der Waals surface area contributed by atoms with Crippen molar-refractivity contribution in [3.8, 4) is 11.4 Å². The first-order valence-corrected chi connectivity index (χ1v) is 8.66. The Morgan fingerprint density at radius 1 is 1.08 bits per heavy atom. The number of hydrogen-bond donors (Lipinski definition) is 2. The molecule has 0 aliphatic carbocycles. The van der Waals surface area contributed by atoms with E-state index >= 15 is 0 Å². The topological polar surface area (TPSA) is 66.9 Å². The van der Waals surface area contributed by atoms with Crippen molar-refractivity contribution >= 4 is 22.6 Å². The summed E-state index contributed by atoms with van der Waals surface area (Å²) in [6.45, 7) is 1.15. The van der Waals surface area contributed by atoms with E-state index in [0.29, 0.717) is 24.5 Å². The molecule has 0 radical (unpaired) electrons. The molecule has 1 aromatic heterocycles. The van der Waals surface area contributed by atoms with Gasteiger partial charge in [0.15, 0.2) is 5.82 Å². The maximum Gasteiger partial charge on any atom is 0.251 e. The number of halogens is 1. The summed E-state index contributed by atoms with van der Waals surface area (Å²) < 4.78 is 17.4. The molecule has 1 amide bonds. The third kappa shape index (κ3) is 4.84. The largest absolute Gasteiger partial charge is 0.360 e. The van der Waals surface area contributed by atoms with E-state index in [1.807, 2.05) is 30.3 Å². The zero-order valence-corrected chi connectivity index (χ0v) is 14.2. The Morgan fingerprint density at radius 3 is 2.72 bits per heavy atom. The van der Waals surface area contributed by atoms with Crippen LogP contribution >= 0.6 is 11.5 Å². The van der Waals surface area contributed by atoms with Crippen molar-refractivity contribution in [3.05, 3.63) is 66.0 Å². The Labute approximate surface area is 149 Å². The van der Waals surface area contributed by atoms with Crippen LogP contribution in [0.3, 0.4) is 0 Å². The molecule has 128 valence electrons. The second kappa shape index (κ2) is 8.34. The number of amides is 1. The minimum absolute atomic E-state index is 0.276. The predicted molar refractivity (Wildman–Crippen MR) is 97.2 cm³/mol. The summed E-state index contributed by atoms with van der Waals surface area (Å²) in [6.07, 6.45) is 0.724.